The average Bonchev–Trinajstić information content (AvgIpc) is 0.712. The Bertz CT molecular complexity index is 6320. The quantitative estimate of drug-likeness (QED) is 0.0528. The predicted octanol–water partition coefficient (Wildman–Crippen LogP) is 35.1. The number of benzene rings is 14. The molecule has 6 unspecified atom stereocenters. The number of aryl methyl sites for hydroxylation is 4. The smallest absolute Gasteiger partial charge is 0.0467 e. The molecule has 26 rings (SSSR count). The van der Waals surface area contributed by atoms with E-state index in [1.165, 1.54) is 254 Å². The number of rotatable bonds is 25. The molecule has 132 heavy (non-hydrogen) atoms. The van der Waals surface area contributed by atoms with Gasteiger partial charge in [-0.15, -0.1) is 0 Å². The van der Waals surface area contributed by atoms with Crippen molar-refractivity contribution in [1.29, 1.82) is 0 Å². The second-order valence-electron chi connectivity index (χ2n) is 42.5. The summed E-state index contributed by atoms with van der Waals surface area (Å²) in [6.45, 7) is 20.7. The van der Waals surface area contributed by atoms with Crippen molar-refractivity contribution >= 4 is 69.4 Å². The molecule has 12 aliphatic rings. The summed E-state index contributed by atoms with van der Waals surface area (Å²) in [5.74, 6) is 5.03. The second kappa shape index (κ2) is 36.3. The fourth-order valence-corrected chi connectivity index (χ4v) is 28.6. The standard InChI is InChI=1S/C48H51N.C43H41N.C38H39N/c1-3-5-6-8-12-37-19-25-44(26-20-37)49(46-16-11-15-41(30-46)40-13-9-7-10-14-40)45-27-23-43(24-28-45)48-33-38-29-39(34-48)32-47(31-38,35-48)42-21-17-36(4-2)18-22-42;1-3-32-11-15-37(16-12-32)42-26-33-25-34(27-42)29-43(28-33,30-42)38-17-23-41(24-18-38)44(39-19-9-31(2)10-20-39)40-21-13-36(14-22-40)35-7-5-4-6-8-35;1-4-29-10-12-32(13-11-29)37-22-30-21-31(23-37)25-38(24-30,26-37)33-14-18-35(19-15-33)39(34-16-8-27(2)9-17-34)36-7-5-6-28(3)20-36/h4,7,9-11,13-28,30,38-39H,2-3,5-6,8,12,29,31-35H2,1H3;3-24,33-34H,1,25-30H2,2H3;4-20,30-31H,1,21-26H2,2-3H3. The Balaban J connectivity index is 0.000000120. The van der Waals surface area contributed by atoms with Crippen molar-refractivity contribution < 1.29 is 0 Å². The van der Waals surface area contributed by atoms with E-state index < -0.39 is 0 Å². The van der Waals surface area contributed by atoms with Crippen molar-refractivity contribution in [1.82, 2.24) is 0 Å². The Morgan fingerprint density at radius 2 is 0.508 bits per heavy atom. The van der Waals surface area contributed by atoms with Gasteiger partial charge in [-0.25, -0.2) is 0 Å². The van der Waals surface area contributed by atoms with E-state index in [4.69, 9.17) is 0 Å². The number of unbranched alkanes of at least 4 members (excludes halogenated alkanes) is 3. The highest BCUT2D eigenvalue weighted by atomic mass is 15.2. The minimum absolute atomic E-state index is 0.275. The fraction of sp³-hybridized carbons (Fsp3) is 0.302. The van der Waals surface area contributed by atoms with Crippen LogP contribution in [0.15, 0.2) is 372 Å². The van der Waals surface area contributed by atoms with E-state index in [0.29, 0.717) is 21.7 Å². The average molecular weight is 1720 g/mol. The zero-order chi connectivity index (χ0) is 89.6. The summed E-state index contributed by atoms with van der Waals surface area (Å²) in [5.41, 5.74) is 35.9. The highest BCUT2D eigenvalue weighted by molar-refractivity contribution is 5.82. The van der Waals surface area contributed by atoms with Crippen LogP contribution in [0.25, 0.3) is 40.5 Å². The Hall–Kier alpha value is -12.3. The lowest BCUT2D eigenvalue weighted by atomic mass is 9.41. The number of anilines is 9. The molecule has 0 aromatic heterocycles. The molecule has 0 N–H and O–H groups in total. The SMILES string of the molecule is C=Cc1ccc(C23CC4CC(C2)CC(c2ccc(N(c5ccc(C)cc5)c5ccc(-c6ccccc6)cc5)cc2)(C4)C3)cc1.C=Cc1ccc(C23CC4CC(C2)CC(c2ccc(N(c5ccc(C)cc5)c5cccc(C)c5)cc2)(C4)C3)cc1.C=Cc1ccc(C23CC4CC(C2)CC(c2ccc(N(c5ccc(CCCCCC)cc5)c5cccc(-c6ccccc6)c5)cc2)(C4)C3)cc1. The van der Waals surface area contributed by atoms with Crippen LogP contribution in [0.5, 0.6) is 0 Å². The summed E-state index contributed by atoms with van der Waals surface area (Å²) < 4.78 is 0. The maximum atomic E-state index is 4.00. The third-order valence-electron chi connectivity index (χ3n) is 33.5. The van der Waals surface area contributed by atoms with Gasteiger partial charge in [0.05, 0.1) is 0 Å². The molecule has 0 spiro atoms. The van der Waals surface area contributed by atoms with Crippen LogP contribution in [0.1, 0.15) is 221 Å². The molecule has 0 amide bonds. The summed E-state index contributed by atoms with van der Waals surface area (Å²) in [7, 11) is 0. The molecule has 0 heterocycles. The van der Waals surface area contributed by atoms with Gasteiger partial charge in [-0.1, -0.05) is 318 Å². The maximum absolute atomic E-state index is 4.00. The lowest BCUT2D eigenvalue weighted by Gasteiger charge is -2.63. The third kappa shape index (κ3) is 17.2. The molecule has 14 aromatic carbocycles. The van der Waals surface area contributed by atoms with Gasteiger partial charge in [-0.05, 0) is 410 Å². The lowest BCUT2D eigenvalue weighted by Crippen LogP contribution is -2.55. The van der Waals surface area contributed by atoms with Gasteiger partial charge in [0.2, 0.25) is 0 Å². The monoisotopic (exact) mass is 1720 g/mol. The highest BCUT2D eigenvalue weighted by Crippen LogP contribution is 2.70. The van der Waals surface area contributed by atoms with E-state index in [9.17, 15) is 0 Å². The van der Waals surface area contributed by atoms with E-state index in [0.717, 1.165) is 41.9 Å². The van der Waals surface area contributed by atoms with Gasteiger partial charge in [0.1, 0.15) is 0 Å². The van der Waals surface area contributed by atoms with Crippen LogP contribution >= 0.6 is 0 Å². The van der Waals surface area contributed by atoms with Gasteiger partial charge >= 0.3 is 0 Å². The van der Waals surface area contributed by atoms with E-state index >= 15 is 0 Å². The van der Waals surface area contributed by atoms with Gasteiger partial charge in [-0.2, -0.15) is 0 Å². The van der Waals surface area contributed by atoms with Gasteiger partial charge in [-0.3, -0.25) is 0 Å². The molecule has 0 saturated heterocycles. The summed E-state index contributed by atoms with van der Waals surface area (Å²) in [6, 6.07) is 133. The molecule has 14 aromatic rings. The molecular formula is C129H131N3. The largest absolute Gasteiger partial charge is 0.311 e. The van der Waals surface area contributed by atoms with Crippen LogP contribution in [-0.4, -0.2) is 0 Å². The number of hydrogen-bond acceptors (Lipinski definition) is 3. The summed E-state index contributed by atoms with van der Waals surface area (Å²) in [5, 5.41) is 0. The van der Waals surface area contributed by atoms with Crippen molar-refractivity contribution in [3.05, 3.63) is 444 Å². The molecule has 12 saturated carbocycles. The Morgan fingerprint density at radius 3 is 0.826 bits per heavy atom. The van der Waals surface area contributed by atoms with Crippen molar-refractivity contribution in [2.75, 3.05) is 14.7 Å². The first-order valence-electron chi connectivity index (χ1n) is 50.1. The Kier molecular flexibility index (Phi) is 23.8. The van der Waals surface area contributed by atoms with E-state index in [1.807, 2.05) is 18.2 Å². The highest BCUT2D eigenvalue weighted by Gasteiger charge is 2.62. The van der Waals surface area contributed by atoms with Gasteiger partial charge in [0.25, 0.3) is 0 Å². The second-order valence-corrected chi connectivity index (χ2v) is 42.5. The van der Waals surface area contributed by atoms with Gasteiger partial charge in [0, 0.05) is 51.2 Å². The van der Waals surface area contributed by atoms with Gasteiger partial charge < -0.3 is 14.7 Å². The summed E-state index contributed by atoms with van der Waals surface area (Å²) in [6.07, 6.45) is 36.6. The van der Waals surface area contributed by atoms with Crippen LogP contribution in [0.4, 0.5) is 51.2 Å². The Labute approximate surface area is 788 Å². The molecule has 6 atom stereocenters. The molecule has 0 radical (unpaired) electrons. The summed E-state index contributed by atoms with van der Waals surface area (Å²) in [4.78, 5) is 7.26. The van der Waals surface area contributed by atoms with E-state index in [1.54, 1.807) is 33.4 Å². The van der Waals surface area contributed by atoms with Crippen LogP contribution in [0, 0.1) is 56.3 Å². The van der Waals surface area contributed by atoms with Crippen molar-refractivity contribution in [3.8, 4) is 22.3 Å². The van der Waals surface area contributed by atoms with Crippen molar-refractivity contribution in [2.24, 2.45) is 35.5 Å². The van der Waals surface area contributed by atoms with Gasteiger partial charge in [0.15, 0.2) is 0 Å². The van der Waals surface area contributed by atoms with E-state index in [-0.39, 0.29) is 10.8 Å². The Morgan fingerprint density at radius 1 is 0.242 bits per heavy atom. The molecular weight excluding hydrogens is 1590 g/mol. The zero-order valence-electron chi connectivity index (χ0n) is 78.4. The fourth-order valence-electron chi connectivity index (χ4n) is 28.6. The molecule has 12 bridgehead atoms. The van der Waals surface area contributed by atoms with Crippen LogP contribution in [0.3, 0.4) is 0 Å². The number of hydrogen-bond donors (Lipinski definition) is 0. The summed E-state index contributed by atoms with van der Waals surface area (Å²) >= 11 is 0. The molecule has 662 valence electrons. The van der Waals surface area contributed by atoms with Crippen LogP contribution in [0.2, 0.25) is 0 Å². The predicted molar refractivity (Wildman–Crippen MR) is 560 cm³/mol. The first-order valence-corrected chi connectivity index (χ1v) is 50.1. The third-order valence-corrected chi connectivity index (χ3v) is 33.5. The minimum atomic E-state index is 0.275. The molecule has 0 aliphatic heterocycles. The molecule has 12 fully saturated rings. The molecule has 3 nitrogen and oxygen atoms in total. The van der Waals surface area contributed by atoms with E-state index in [2.05, 4.69) is 414 Å². The molecule has 3 heteroatoms. The topological polar surface area (TPSA) is 9.72 Å². The zero-order valence-corrected chi connectivity index (χ0v) is 78.4. The lowest BCUT2D eigenvalue weighted by molar-refractivity contribution is -0.0282. The van der Waals surface area contributed by atoms with Crippen molar-refractivity contribution in [2.45, 2.75) is 208 Å². The molecule has 12 aliphatic carbocycles. The van der Waals surface area contributed by atoms with Crippen molar-refractivity contribution in [3.63, 3.8) is 0 Å². The maximum Gasteiger partial charge on any atom is 0.0467 e. The number of nitrogens with zero attached hydrogens (tertiary/aromatic N) is 3. The first-order chi connectivity index (χ1) is 64.5. The van der Waals surface area contributed by atoms with Crippen LogP contribution in [-0.2, 0) is 38.9 Å². The minimum Gasteiger partial charge on any atom is -0.311 e. The first kappa shape index (κ1) is 86.4. The van der Waals surface area contributed by atoms with Crippen LogP contribution < -0.4 is 14.7 Å². The normalized spacial score (nSPS) is 25.2.